The van der Waals surface area contributed by atoms with E-state index in [4.69, 9.17) is 0 Å². The second-order valence-corrected chi connectivity index (χ2v) is 4.35. The quantitative estimate of drug-likeness (QED) is 0.679. The van der Waals surface area contributed by atoms with Crippen molar-refractivity contribution < 1.29 is 0 Å². The molecule has 0 amide bonds. The van der Waals surface area contributed by atoms with Gasteiger partial charge >= 0.3 is 0 Å². The van der Waals surface area contributed by atoms with Crippen LogP contribution in [0.3, 0.4) is 0 Å². The van der Waals surface area contributed by atoms with Crippen LogP contribution in [0.15, 0.2) is 0 Å². The van der Waals surface area contributed by atoms with E-state index in [-0.39, 0.29) is 0 Å². The first-order valence-electron chi connectivity index (χ1n) is 5.97. The van der Waals surface area contributed by atoms with Gasteiger partial charge in [-0.3, -0.25) is 4.90 Å². The van der Waals surface area contributed by atoms with Crippen LogP contribution in [0.4, 0.5) is 0 Å². The van der Waals surface area contributed by atoms with E-state index in [1.54, 1.807) is 0 Å². The number of rotatable bonds is 7. The molecule has 0 aliphatic rings. The Morgan fingerprint density at radius 2 is 1.79 bits per heavy atom. The summed E-state index contributed by atoms with van der Waals surface area (Å²) in [5, 5.41) is 3.39. The lowest BCUT2D eigenvalue weighted by Crippen LogP contribution is -2.48. The summed E-state index contributed by atoms with van der Waals surface area (Å²) in [5.74, 6) is 0. The van der Waals surface area contributed by atoms with Crippen LogP contribution in [0, 0.1) is 0 Å². The van der Waals surface area contributed by atoms with Crippen LogP contribution < -0.4 is 5.32 Å². The summed E-state index contributed by atoms with van der Waals surface area (Å²) < 4.78 is 0. The molecule has 14 heavy (non-hydrogen) atoms. The molecule has 86 valence electrons. The van der Waals surface area contributed by atoms with Crippen molar-refractivity contribution in [1.29, 1.82) is 0 Å². The van der Waals surface area contributed by atoms with E-state index in [1.807, 2.05) is 0 Å². The van der Waals surface area contributed by atoms with E-state index < -0.39 is 0 Å². The zero-order valence-corrected chi connectivity index (χ0v) is 10.8. The van der Waals surface area contributed by atoms with Crippen LogP contribution >= 0.6 is 0 Å². The summed E-state index contributed by atoms with van der Waals surface area (Å²) in [4.78, 5) is 2.49. The Morgan fingerprint density at radius 1 is 1.21 bits per heavy atom. The number of hydrogen-bond donors (Lipinski definition) is 1. The molecule has 0 saturated carbocycles. The monoisotopic (exact) mass is 200 g/mol. The van der Waals surface area contributed by atoms with Gasteiger partial charge in [0.2, 0.25) is 0 Å². The predicted octanol–water partition coefficient (Wildman–Crippen LogP) is 2.49. The molecule has 2 heteroatoms. The smallest absolute Gasteiger partial charge is 0.0220 e. The third kappa shape index (κ3) is 3.97. The SMILES string of the molecule is CCCC(C)N(C)C(C)C(CC)NC. The van der Waals surface area contributed by atoms with Gasteiger partial charge in [-0.25, -0.2) is 0 Å². The molecule has 2 nitrogen and oxygen atoms in total. The van der Waals surface area contributed by atoms with Crippen molar-refractivity contribution in [2.75, 3.05) is 14.1 Å². The van der Waals surface area contributed by atoms with Crippen molar-refractivity contribution in [3.63, 3.8) is 0 Å². The molecule has 0 saturated heterocycles. The molecule has 0 aromatic heterocycles. The Balaban J connectivity index is 4.13. The van der Waals surface area contributed by atoms with E-state index in [0.717, 1.165) is 0 Å². The lowest BCUT2D eigenvalue weighted by Gasteiger charge is -2.35. The molecule has 1 N–H and O–H groups in total. The average Bonchev–Trinajstić information content (AvgIpc) is 2.18. The molecule has 0 fully saturated rings. The highest BCUT2D eigenvalue weighted by atomic mass is 15.2. The lowest BCUT2D eigenvalue weighted by molar-refractivity contribution is 0.152. The minimum absolute atomic E-state index is 0.610. The predicted molar refractivity (Wildman–Crippen MR) is 64.7 cm³/mol. The Labute approximate surface area is 90.1 Å². The van der Waals surface area contributed by atoms with Gasteiger partial charge in [0.1, 0.15) is 0 Å². The first kappa shape index (κ1) is 13.9. The molecule has 0 aliphatic heterocycles. The molecule has 0 aromatic carbocycles. The van der Waals surface area contributed by atoms with Gasteiger partial charge in [0.25, 0.3) is 0 Å². The summed E-state index contributed by atoms with van der Waals surface area (Å²) in [7, 11) is 4.30. The largest absolute Gasteiger partial charge is 0.315 e. The van der Waals surface area contributed by atoms with Gasteiger partial charge in [-0.2, -0.15) is 0 Å². The topological polar surface area (TPSA) is 15.3 Å². The van der Waals surface area contributed by atoms with Gasteiger partial charge in [0.15, 0.2) is 0 Å². The maximum atomic E-state index is 3.39. The van der Waals surface area contributed by atoms with Crippen LogP contribution in [0.25, 0.3) is 0 Å². The van der Waals surface area contributed by atoms with Crippen LogP contribution in [0.2, 0.25) is 0 Å². The number of likely N-dealkylation sites (N-methyl/N-ethyl adjacent to an activating group) is 2. The van der Waals surface area contributed by atoms with Gasteiger partial charge in [0.05, 0.1) is 0 Å². The molecule has 3 atom stereocenters. The summed E-state index contributed by atoms with van der Waals surface area (Å²) in [6.07, 6.45) is 3.76. The van der Waals surface area contributed by atoms with Crippen LogP contribution in [0.1, 0.15) is 47.0 Å². The number of nitrogens with zero attached hydrogens (tertiary/aromatic N) is 1. The number of hydrogen-bond acceptors (Lipinski definition) is 2. The van der Waals surface area contributed by atoms with E-state index in [2.05, 4.69) is 52.0 Å². The maximum Gasteiger partial charge on any atom is 0.0220 e. The Bertz CT molecular complexity index is 132. The normalized spacial score (nSPS) is 18.2. The minimum atomic E-state index is 0.610. The van der Waals surface area contributed by atoms with Gasteiger partial charge in [-0.15, -0.1) is 0 Å². The molecule has 0 heterocycles. The van der Waals surface area contributed by atoms with Crippen molar-refractivity contribution in [2.45, 2.75) is 65.1 Å². The molecule has 0 aromatic rings. The summed E-state index contributed by atoms with van der Waals surface area (Å²) >= 11 is 0. The highest BCUT2D eigenvalue weighted by Crippen LogP contribution is 2.12. The molecular weight excluding hydrogens is 172 g/mol. The molecule has 0 spiro atoms. The molecule has 0 aliphatic carbocycles. The fraction of sp³-hybridized carbons (Fsp3) is 1.00. The Hall–Kier alpha value is -0.0800. The van der Waals surface area contributed by atoms with Crippen molar-refractivity contribution >= 4 is 0 Å². The molecule has 0 radical (unpaired) electrons. The third-order valence-corrected chi connectivity index (χ3v) is 3.44. The standard InChI is InChI=1S/C12H28N2/c1-7-9-10(3)14(6)11(4)12(8-2)13-5/h10-13H,7-9H2,1-6H3. The molecule has 0 rings (SSSR count). The maximum absolute atomic E-state index is 3.39. The zero-order valence-electron chi connectivity index (χ0n) is 10.8. The summed E-state index contributed by atoms with van der Waals surface area (Å²) in [6.45, 7) is 9.14. The van der Waals surface area contributed by atoms with E-state index in [0.29, 0.717) is 18.1 Å². The summed E-state index contributed by atoms with van der Waals surface area (Å²) in [6, 6.07) is 1.92. The minimum Gasteiger partial charge on any atom is -0.315 e. The zero-order chi connectivity index (χ0) is 11.1. The van der Waals surface area contributed by atoms with E-state index >= 15 is 0 Å². The van der Waals surface area contributed by atoms with Crippen LogP contribution in [-0.4, -0.2) is 37.1 Å². The average molecular weight is 200 g/mol. The Morgan fingerprint density at radius 3 is 2.14 bits per heavy atom. The van der Waals surface area contributed by atoms with E-state index in [9.17, 15) is 0 Å². The van der Waals surface area contributed by atoms with Crippen molar-refractivity contribution in [1.82, 2.24) is 10.2 Å². The van der Waals surface area contributed by atoms with Gasteiger partial charge in [-0.05, 0) is 40.8 Å². The van der Waals surface area contributed by atoms with Gasteiger partial charge < -0.3 is 5.32 Å². The highest BCUT2D eigenvalue weighted by Gasteiger charge is 2.21. The fourth-order valence-electron chi connectivity index (χ4n) is 2.09. The van der Waals surface area contributed by atoms with Crippen LogP contribution in [-0.2, 0) is 0 Å². The van der Waals surface area contributed by atoms with Crippen molar-refractivity contribution in [2.24, 2.45) is 0 Å². The van der Waals surface area contributed by atoms with Gasteiger partial charge in [-0.1, -0.05) is 20.3 Å². The van der Waals surface area contributed by atoms with Crippen molar-refractivity contribution in [3.05, 3.63) is 0 Å². The second-order valence-electron chi connectivity index (χ2n) is 4.35. The lowest BCUT2D eigenvalue weighted by atomic mass is 10.0. The molecule has 0 bridgehead atoms. The first-order chi connectivity index (χ1) is 6.58. The van der Waals surface area contributed by atoms with Gasteiger partial charge in [0, 0.05) is 18.1 Å². The Kier molecular flexibility index (Phi) is 7.20. The highest BCUT2D eigenvalue weighted by molar-refractivity contribution is 4.80. The second kappa shape index (κ2) is 7.24. The number of nitrogens with one attached hydrogen (secondary N) is 1. The van der Waals surface area contributed by atoms with Crippen LogP contribution in [0.5, 0.6) is 0 Å². The first-order valence-corrected chi connectivity index (χ1v) is 5.97. The molecular formula is C12H28N2. The summed E-state index contributed by atoms with van der Waals surface area (Å²) in [5.41, 5.74) is 0. The fourth-order valence-corrected chi connectivity index (χ4v) is 2.09. The molecule has 3 unspecified atom stereocenters. The third-order valence-electron chi connectivity index (χ3n) is 3.44. The van der Waals surface area contributed by atoms with Crippen molar-refractivity contribution in [3.8, 4) is 0 Å². The van der Waals surface area contributed by atoms with E-state index in [1.165, 1.54) is 19.3 Å².